The predicted octanol–water partition coefficient (Wildman–Crippen LogP) is 1.76. The summed E-state index contributed by atoms with van der Waals surface area (Å²) in [5.41, 5.74) is 3.09. The first-order valence-corrected chi connectivity index (χ1v) is 12.9. The summed E-state index contributed by atoms with van der Waals surface area (Å²) in [5.74, 6) is 1.03. The minimum absolute atomic E-state index is 0.0501. The molecule has 0 spiro atoms. The van der Waals surface area contributed by atoms with E-state index in [1.54, 1.807) is 4.68 Å². The Hall–Kier alpha value is -2.69. The fourth-order valence-electron chi connectivity index (χ4n) is 4.88. The van der Waals surface area contributed by atoms with Crippen LogP contribution in [0.25, 0.3) is 0 Å². The highest BCUT2D eigenvalue weighted by Gasteiger charge is 2.28. The number of likely N-dealkylation sites (N-methyl/N-ethyl adjacent to an activating group) is 2. The summed E-state index contributed by atoms with van der Waals surface area (Å²) in [4.78, 5) is 19.3. The van der Waals surface area contributed by atoms with Crippen molar-refractivity contribution in [2.24, 2.45) is 5.92 Å². The molecule has 1 aromatic carbocycles. The molecule has 2 aliphatic rings. The van der Waals surface area contributed by atoms with Gasteiger partial charge in [0.05, 0.1) is 43.8 Å². The van der Waals surface area contributed by atoms with Gasteiger partial charge in [-0.25, -0.2) is 0 Å². The third kappa shape index (κ3) is 6.54. The molecule has 0 saturated carbocycles. The van der Waals surface area contributed by atoms with E-state index in [1.165, 1.54) is 5.56 Å². The molecule has 1 amide bonds. The highest BCUT2D eigenvalue weighted by atomic mass is 16.5. The highest BCUT2D eigenvalue weighted by molar-refractivity contribution is 5.76. The van der Waals surface area contributed by atoms with Gasteiger partial charge in [0.2, 0.25) is 5.91 Å². The Bertz CT molecular complexity index is 1010. The molecule has 0 fully saturated rings. The van der Waals surface area contributed by atoms with Gasteiger partial charge in [0, 0.05) is 45.6 Å². The molecule has 3 atom stereocenters. The number of aliphatic hydroxyl groups is 1. The average Bonchev–Trinajstić information content (AvgIpc) is 3.31. The molecule has 198 valence electrons. The molecule has 2 bridgehead atoms. The molecule has 36 heavy (non-hydrogen) atoms. The van der Waals surface area contributed by atoms with E-state index in [1.807, 2.05) is 18.0 Å². The highest BCUT2D eigenvalue weighted by Crippen LogP contribution is 2.31. The second-order valence-corrected chi connectivity index (χ2v) is 10.2. The molecule has 10 nitrogen and oxygen atoms in total. The first-order chi connectivity index (χ1) is 17.3. The monoisotopic (exact) mass is 500 g/mol. The number of aromatic nitrogens is 3. The van der Waals surface area contributed by atoms with E-state index in [4.69, 9.17) is 9.47 Å². The molecule has 10 heteroatoms. The normalized spacial score (nSPS) is 22.3. The van der Waals surface area contributed by atoms with Crippen LogP contribution in [0, 0.1) is 5.92 Å². The summed E-state index contributed by atoms with van der Waals surface area (Å²) in [6.07, 6.45) is 2.85. The maximum atomic E-state index is 13.0. The Balaban J connectivity index is 1.48. The fraction of sp³-hybridized carbons (Fsp3) is 0.654. The molecule has 4 rings (SSSR count). The molecule has 0 radical (unpaired) electrons. The first-order valence-electron chi connectivity index (χ1n) is 12.9. The predicted molar refractivity (Wildman–Crippen MR) is 137 cm³/mol. The minimum Gasteiger partial charge on any atom is -0.490 e. The van der Waals surface area contributed by atoms with Gasteiger partial charge in [-0.1, -0.05) is 18.2 Å². The second-order valence-electron chi connectivity index (χ2n) is 10.2. The van der Waals surface area contributed by atoms with Crippen LogP contribution >= 0.6 is 0 Å². The maximum absolute atomic E-state index is 13.0. The van der Waals surface area contributed by atoms with Gasteiger partial charge in [0.1, 0.15) is 18.1 Å². The van der Waals surface area contributed by atoms with Crippen LogP contribution in [-0.4, -0.2) is 94.9 Å². The van der Waals surface area contributed by atoms with E-state index in [2.05, 4.69) is 59.3 Å². The van der Waals surface area contributed by atoms with Crippen LogP contribution in [-0.2, 0) is 29.2 Å². The van der Waals surface area contributed by atoms with Crippen LogP contribution in [0.15, 0.2) is 24.4 Å². The number of aryl methyl sites for hydroxylation is 1. The van der Waals surface area contributed by atoms with Crippen LogP contribution in [0.4, 0.5) is 5.69 Å². The topological polar surface area (TPSA) is 96.2 Å². The van der Waals surface area contributed by atoms with Gasteiger partial charge in [-0.05, 0) is 38.1 Å². The number of ether oxygens (including phenoxy) is 2. The molecule has 2 aromatic rings. The summed E-state index contributed by atoms with van der Waals surface area (Å²) in [6, 6.07) is 6.16. The molecular formula is C26H40N6O4. The second kappa shape index (κ2) is 12.0. The molecular weight excluding hydrogens is 460 g/mol. The van der Waals surface area contributed by atoms with Crippen LogP contribution < -0.4 is 9.64 Å². The summed E-state index contributed by atoms with van der Waals surface area (Å²) >= 11 is 0. The summed E-state index contributed by atoms with van der Waals surface area (Å²) in [6.45, 7) is 8.49. The van der Waals surface area contributed by atoms with E-state index >= 15 is 0 Å². The van der Waals surface area contributed by atoms with E-state index in [0.717, 1.165) is 30.2 Å². The molecule has 1 N–H and O–H groups in total. The van der Waals surface area contributed by atoms with Crippen LogP contribution in [0.5, 0.6) is 5.75 Å². The number of benzene rings is 1. The number of rotatable bonds is 6. The molecule has 1 aromatic heterocycles. The van der Waals surface area contributed by atoms with Gasteiger partial charge in [0.15, 0.2) is 0 Å². The standard InChI is InChI=1S/C26H40N6O4/c1-19-13-32(20(2)17-33)26(34)6-5-9-31-15-22(27-28-31)18-36-25(19)16-29(3)14-21-7-8-23-24(12-21)35-11-10-30(23)4/h7-8,12,15,19-20,25,33H,5-6,9-11,13-14,16-18H2,1-4H3/t19-,20+,25-/m1/s1. The number of fused-ring (bicyclic) bond motifs is 3. The molecule has 2 aliphatic heterocycles. The van der Waals surface area contributed by atoms with Gasteiger partial charge in [-0.3, -0.25) is 14.4 Å². The first kappa shape index (κ1) is 26.4. The third-order valence-electron chi connectivity index (χ3n) is 7.11. The molecule has 0 saturated heterocycles. The van der Waals surface area contributed by atoms with Gasteiger partial charge in [-0.2, -0.15) is 0 Å². The number of hydrogen-bond acceptors (Lipinski definition) is 8. The largest absolute Gasteiger partial charge is 0.490 e. The quantitative estimate of drug-likeness (QED) is 0.641. The van der Waals surface area contributed by atoms with Gasteiger partial charge in [0.25, 0.3) is 0 Å². The number of anilines is 1. The Morgan fingerprint density at radius 3 is 2.94 bits per heavy atom. The van der Waals surface area contributed by atoms with Crippen molar-refractivity contribution in [3.63, 3.8) is 0 Å². The smallest absolute Gasteiger partial charge is 0.222 e. The number of aliphatic hydroxyl groups excluding tert-OH is 1. The van der Waals surface area contributed by atoms with Crippen molar-refractivity contribution in [1.29, 1.82) is 0 Å². The Kier molecular flexibility index (Phi) is 8.81. The lowest BCUT2D eigenvalue weighted by atomic mass is 10.0. The van der Waals surface area contributed by atoms with Crippen molar-refractivity contribution < 1.29 is 19.4 Å². The fourth-order valence-corrected chi connectivity index (χ4v) is 4.88. The van der Waals surface area contributed by atoms with E-state index in [-0.39, 0.29) is 30.6 Å². The number of carbonyl (C=O) groups excluding carboxylic acids is 1. The minimum atomic E-state index is -0.241. The summed E-state index contributed by atoms with van der Waals surface area (Å²) in [7, 11) is 4.17. The van der Waals surface area contributed by atoms with Crippen LogP contribution in [0.1, 0.15) is 37.9 Å². The number of hydrogen-bond donors (Lipinski definition) is 1. The van der Waals surface area contributed by atoms with Crippen LogP contribution in [0.3, 0.4) is 0 Å². The van der Waals surface area contributed by atoms with Crippen molar-refractivity contribution in [3.05, 3.63) is 35.7 Å². The van der Waals surface area contributed by atoms with E-state index < -0.39 is 0 Å². The molecule has 0 aliphatic carbocycles. The lowest BCUT2D eigenvalue weighted by Crippen LogP contribution is -2.47. The van der Waals surface area contributed by atoms with Crippen LogP contribution in [0.2, 0.25) is 0 Å². The van der Waals surface area contributed by atoms with Gasteiger partial charge < -0.3 is 24.4 Å². The Morgan fingerprint density at radius 1 is 1.31 bits per heavy atom. The van der Waals surface area contributed by atoms with E-state index in [9.17, 15) is 9.90 Å². The average molecular weight is 501 g/mol. The van der Waals surface area contributed by atoms with Crippen molar-refractivity contribution >= 4 is 11.6 Å². The maximum Gasteiger partial charge on any atom is 0.222 e. The SMILES string of the molecule is C[C@@H]1CN([C@@H](C)CO)C(=O)CCCn2cc(nn2)CO[C@@H]1CN(C)Cc1ccc2c(c1)OCCN2C. The lowest BCUT2D eigenvalue weighted by Gasteiger charge is -2.35. The third-order valence-corrected chi connectivity index (χ3v) is 7.11. The van der Waals surface area contributed by atoms with E-state index in [0.29, 0.717) is 45.7 Å². The van der Waals surface area contributed by atoms with Gasteiger partial charge in [-0.15, -0.1) is 5.10 Å². The lowest BCUT2D eigenvalue weighted by molar-refractivity contribution is -0.136. The zero-order chi connectivity index (χ0) is 25.7. The van der Waals surface area contributed by atoms with Crippen molar-refractivity contribution in [2.45, 2.75) is 58.5 Å². The Morgan fingerprint density at radius 2 is 2.14 bits per heavy atom. The van der Waals surface area contributed by atoms with Gasteiger partial charge >= 0.3 is 0 Å². The number of amides is 1. The van der Waals surface area contributed by atoms with Crippen molar-refractivity contribution in [2.75, 3.05) is 51.8 Å². The number of carbonyl (C=O) groups is 1. The van der Waals surface area contributed by atoms with Crippen molar-refractivity contribution in [3.8, 4) is 5.75 Å². The summed E-state index contributed by atoms with van der Waals surface area (Å²) < 4.78 is 14.0. The summed E-state index contributed by atoms with van der Waals surface area (Å²) in [5, 5.41) is 18.2. The zero-order valence-electron chi connectivity index (χ0n) is 22.0. The molecule has 0 unspecified atom stereocenters. The number of nitrogens with zero attached hydrogens (tertiary/aromatic N) is 6. The molecule has 3 heterocycles. The zero-order valence-corrected chi connectivity index (χ0v) is 22.0. The van der Waals surface area contributed by atoms with Crippen molar-refractivity contribution in [1.82, 2.24) is 24.8 Å². The Labute approximate surface area is 213 Å².